The third kappa shape index (κ3) is 4.05. The van der Waals surface area contributed by atoms with Gasteiger partial charge < -0.3 is 0 Å². The second-order valence-corrected chi connectivity index (χ2v) is 10.8. The van der Waals surface area contributed by atoms with Crippen LogP contribution in [-0.2, 0) is 4.79 Å². The molecule has 0 saturated heterocycles. The van der Waals surface area contributed by atoms with E-state index < -0.39 is 7.26 Å². The summed E-state index contributed by atoms with van der Waals surface area (Å²) in [5, 5.41) is 6.36. The van der Waals surface area contributed by atoms with Gasteiger partial charge >= 0.3 is 167 Å². The first kappa shape index (κ1) is 20.0. The van der Waals surface area contributed by atoms with Gasteiger partial charge in [-0.3, -0.25) is 0 Å². The number of rotatable bonds is 7. The number of hydrogen-bond acceptors (Lipinski definition) is 2. The van der Waals surface area contributed by atoms with Crippen molar-refractivity contribution in [1.29, 1.82) is 0 Å². The van der Waals surface area contributed by atoms with Crippen molar-refractivity contribution >= 4 is 34.9 Å². The molecule has 0 spiro atoms. The number of carbonyl (C=O) groups is 2. The number of amides is 1. The van der Waals surface area contributed by atoms with Crippen molar-refractivity contribution in [3.8, 4) is 0 Å². The predicted octanol–water partition coefficient (Wildman–Crippen LogP) is 3.05. The Hall–Kier alpha value is -2.77. The topological polar surface area (TPSA) is 46.2 Å². The summed E-state index contributed by atoms with van der Waals surface area (Å²) in [5.41, 5.74) is 0.637. The van der Waals surface area contributed by atoms with Gasteiger partial charge in [-0.05, 0) is 0 Å². The van der Waals surface area contributed by atoms with Crippen LogP contribution < -0.4 is 21.2 Å². The Balaban J connectivity index is 2.21. The van der Waals surface area contributed by atoms with Crippen LogP contribution in [-0.4, -0.2) is 24.4 Å². The molecule has 3 aromatic rings. The molecule has 3 aromatic carbocycles. The van der Waals surface area contributed by atoms with E-state index in [0.717, 1.165) is 5.30 Å². The van der Waals surface area contributed by atoms with E-state index in [1.807, 2.05) is 67.6 Å². The van der Waals surface area contributed by atoms with Crippen LogP contribution in [0.3, 0.4) is 0 Å². The molecule has 4 heteroatoms. The first-order chi connectivity index (χ1) is 13.6. The summed E-state index contributed by atoms with van der Waals surface area (Å²) in [6.07, 6.45) is 0.488. The maximum absolute atomic E-state index is 12.4. The van der Waals surface area contributed by atoms with Crippen LogP contribution >= 0.6 is 7.26 Å². The van der Waals surface area contributed by atoms with Gasteiger partial charge in [0.2, 0.25) is 0 Å². The zero-order valence-electron chi connectivity index (χ0n) is 16.3. The molecule has 0 aliphatic carbocycles. The summed E-state index contributed by atoms with van der Waals surface area (Å²) in [7, 11) is -2.54. The molecule has 0 aliphatic rings. The Morgan fingerprint density at radius 1 is 0.750 bits per heavy atom. The minimum absolute atomic E-state index is 0.0766. The van der Waals surface area contributed by atoms with Gasteiger partial charge in [-0.2, -0.15) is 0 Å². The molecule has 0 bridgehead atoms. The first-order valence-electron chi connectivity index (χ1n) is 9.57. The average Bonchev–Trinajstić information content (AvgIpc) is 2.73. The minimum atomic E-state index is -2.54. The standard InChI is InChI=1S/C24H26NO2P/c1-3-25-24(27)20-14-16-23(17-15-20)28(18-19(2)26,21-10-6-4-7-11-21)22-12-8-5-9-13-22/h4-17,28H,3,18H2,1-2H3,(H,25,27). The van der Waals surface area contributed by atoms with Crippen molar-refractivity contribution < 1.29 is 9.59 Å². The van der Waals surface area contributed by atoms with E-state index in [1.165, 1.54) is 10.6 Å². The van der Waals surface area contributed by atoms with Crippen LogP contribution in [0.1, 0.15) is 24.2 Å². The Morgan fingerprint density at radius 3 is 1.64 bits per heavy atom. The molecule has 0 unspecified atom stereocenters. The fourth-order valence-electron chi connectivity index (χ4n) is 3.79. The van der Waals surface area contributed by atoms with Gasteiger partial charge in [0.25, 0.3) is 0 Å². The first-order valence-corrected chi connectivity index (χ1v) is 11.8. The van der Waals surface area contributed by atoms with Crippen molar-refractivity contribution in [3.63, 3.8) is 0 Å². The zero-order valence-corrected chi connectivity index (χ0v) is 17.3. The summed E-state index contributed by atoms with van der Waals surface area (Å²) in [6.45, 7) is 4.16. The third-order valence-corrected chi connectivity index (χ3v) is 10.0. The van der Waals surface area contributed by atoms with Gasteiger partial charge in [0, 0.05) is 0 Å². The molecule has 3 rings (SSSR count). The van der Waals surface area contributed by atoms with Gasteiger partial charge in [0.1, 0.15) is 0 Å². The van der Waals surface area contributed by atoms with Crippen LogP contribution in [0.4, 0.5) is 0 Å². The maximum atomic E-state index is 12.4. The molecule has 0 aromatic heterocycles. The molecule has 0 aliphatic heterocycles. The second-order valence-electron chi connectivity index (χ2n) is 6.95. The van der Waals surface area contributed by atoms with E-state index in [0.29, 0.717) is 18.3 Å². The van der Waals surface area contributed by atoms with Crippen molar-refractivity contribution in [1.82, 2.24) is 5.32 Å². The van der Waals surface area contributed by atoms with Gasteiger partial charge in [-0.25, -0.2) is 0 Å². The number of carbonyl (C=O) groups excluding carboxylic acids is 2. The summed E-state index contributed by atoms with van der Waals surface area (Å²) < 4.78 is 0. The van der Waals surface area contributed by atoms with Crippen molar-refractivity contribution in [2.24, 2.45) is 0 Å². The van der Waals surface area contributed by atoms with Gasteiger partial charge in [-0.1, -0.05) is 0 Å². The van der Waals surface area contributed by atoms with Crippen LogP contribution in [0.5, 0.6) is 0 Å². The Kier molecular flexibility index (Phi) is 6.38. The van der Waals surface area contributed by atoms with E-state index >= 15 is 0 Å². The molecule has 0 saturated carbocycles. The predicted molar refractivity (Wildman–Crippen MR) is 120 cm³/mol. The molecule has 0 radical (unpaired) electrons. The van der Waals surface area contributed by atoms with Crippen LogP contribution in [0.15, 0.2) is 84.9 Å². The molecular formula is C24H26NO2P. The van der Waals surface area contributed by atoms with Crippen LogP contribution in [0, 0.1) is 0 Å². The summed E-state index contributed by atoms with van der Waals surface area (Å²) in [5.74, 6) is 0.0967. The average molecular weight is 391 g/mol. The van der Waals surface area contributed by atoms with Crippen molar-refractivity contribution in [3.05, 3.63) is 90.5 Å². The molecule has 3 nitrogen and oxygen atoms in total. The number of nitrogens with one attached hydrogen (secondary N) is 1. The van der Waals surface area contributed by atoms with Gasteiger partial charge in [0.15, 0.2) is 0 Å². The summed E-state index contributed by atoms with van der Waals surface area (Å²) >= 11 is 0. The third-order valence-electron chi connectivity index (χ3n) is 5.02. The SMILES string of the molecule is CCNC(=O)c1ccc([PH](CC(C)=O)(c2ccccc2)c2ccccc2)cc1. The molecular weight excluding hydrogens is 365 g/mol. The summed E-state index contributed by atoms with van der Waals surface area (Å²) in [4.78, 5) is 24.6. The van der Waals surface area contributed by atoms with E-state index in [4.69, 9.17) is 0 Å². The van der Waals surface area contributed by atoms with E-state index in [-0.39, 0.29) is 11.7 Å². The molecule has 144 valence electrons. The molecule has 1 N–H and O–H groups in total. The normalized spacial score (nSPS) is 11.6. The monoisotopic (exact) mass is 391 g/mol. The van der Waals surface area contributed by atoms with Gasteiger partial charge in [0.05, 0.1) is 0 Å². The fraction of sp³-hybridized carbons (Fsp3) is 0.167. The zero-order chi connectivity index (χ0) is 20.0. The van der Waals surface area contributed by atoms with E-state index in [1.54, 1.807) is 6.92 Å². The molecule has 28 heavy (non-hydrogen) atoms. The summed E-state index contributed by atoms with van der Waals surface area (Å²) in [6, 6.07) is 28.4. The number of benzene rings is 3. The van der Waals surface area contributed by atoms with Crippen LogP contribution in [0.25, 0.3) is 0 Å². The molecule has 1 amide bonds. The number of hydrogen-bond donors (Lipinski definition) is 1. The Morgan fingerprint density at radius 2 is 1.21 bits per heavy atom. The Labute approximate surface area is 167 Å². The Bertz CT molecular complexity index is 898. The van der Waals surface area contributed by atoms with E-state index in [2.05, 4.69) is 29.6 Å². The molecule has 0 heterocycles. The van der Waals surface area contributed by atoms with Crippen molar-refractivity contribution in [2.45, 2.75) is 13.8 Å². The van der Waals surface area contributed by atoms with Crippen molar-refractivity contribution in [2.75, 3.05) is 12.7 Å². The number of ketones is 1. The van der Waals surface area contributed by atoms with E-state index in [9.17, 15) is 9.59 Å². The molecule has 0 atom stereocenters. The fourth-order valence-corrected chi connectivity index (χ4v) is 8.41. The van der Waals surface area contributed by atoms with Crippen LogP contribution in [0.2, 0.25) is 0 Å². The molecule has 0 fully saturated rings. The second kappa shape index (κ2) is 8.95. The van der Waals surface area contributed by atoms with Gasteiger partial charge in [-0.15, -0.1) is 0 Å². The number of Topliss-reactive ketones (excluding diaryl/α,β-unsaturated/α-hetero) is 1. The quantitative estimate of drug-likeness (QED) is 0.630.